The summed E-state index contributed by atoms with van der Waals surface area (Å²) in [4.78, 5) is 24.1. The predicted molar refractivity (Wildman–Crippen MR) is 94.8 cm³/mol. The summed E-state index contributed by atoms with van der Waals surface area (Å²) in [6.45, 7) is 4.06. The van der Waals surface area contributed by atoms with Gasteiger partial charge in [-0.25, -0.2) is 0 Å². The van der Waals surface area contributed by atoms with Crippen LogP contribution in [0.25, 0.3) is 0 Å². The molecule has 0 saturated heterocycles. The molecule has 1 N–H and O–H groups in total. The number of esters is 1. The first-order chi connectivity index (χ1) is 12.5. The van der Waals surface area contributed by atoms with Crippen LogP contribution in [0.4, 0.5) is 0 Å². The molecule has 1 heterocycles. The van der Waals surface area contributed by atoms with E-state index in [9.17, 15) is 9.59 Å². The van der Waals surface area contributed by atoms with Crippen LogP contribution in [0.15, 0.2) is 42.5 Å². The molecule has 136 valence electrons. The topological polar surface area (TPSA) is 73.9 Å². The summed E-state index contributed by atoms with van der Waals surface area (Å²) in [6.07, 6.45) is -0.720. The van der Waals surface area contributed by atoms with Crippen LogP contribution < -0.4 is 14.8 Å². The van der Waals surface area contributed by atoms with Crippen molar-refractivity contribution in [2.24, 2.45) is 0 Å². The number of hydrogen-bond acceptors (Lipinski definition) is 5. The number of nitrogens with one attached hydrogen (secondary N) is 1. The van der Waals surface area contributed by atoms with E-state index in [0.29, 0.717) is 18.0 Å². The third-order valence-electron chi connectivity index (χ3n) is 4.05. The standard InChI is InChI=1S/C20H21NO5/c1-13-3-5-15(6-4-13)10-19(22)26-14(2)20(23)21-11-16-7-8-17-18(9-16)25-12-24-17/h3-9,14H,10-12H2,1-2H3,(H,21,23)/t14-/m1/s1. The molecule has 6 heteroatoms. The summed E-state index contributed by atoms with van der Waals surface area (Å²) in [5.74, 6) is 0.576. The minimum absolute atomic E-state index is 0.139. The molecule has 0 spiro atoms. The van der Waals surface area contributed by atoms with Crippen LogP contribution in [0.1, 0.15) is 23.6 Å². The molecule has 0 aromatic heterocycles. The summed E-state index contributed by atoms with van der Waals surface area (Å²) in [5.41, 5.74) is 2.85. The van der Waals surface area contributed by atoms with Gasteiger partial charge < -0.3 is 19.5 Å². The van der Waals surface area contributed by atoms with Crippen molar-refractivity contribution in [2.45, 2.75) is 32.9 Å². The van der Waals surface area contributed by atoms with E-state index in [1.54, 1.807) is 13.0 Å². The Kier molecular flexibility index (Phi) is 5.41. The van der Waals surface area contributed by atoms with Gasteiger partial charge in [0.15, 0.2) is 17.6 Å². The van der Waals surface area contributed by atoms with E-state index in [-0.39, 0.29) is 19.1 Å². The van der Waals surface area contributed by atoms with E-state index >= 15 is 0 Å². The van der Waals surface area contributed by atoms with Crippen molar-refractivity contribution >= 4 is 11.9 Å². The Labute approximate surface area is 152 Å². The van der Waals surface area contributed by atoms with Crippen LogP contribution in [0.5, 0.6) is 11.5 Å². The van der Waals surface area contributed by atoms with Gasteiger partial charge in [-0.15, -0.1) is 0 Å². The Bertz CT molecular complexity index is 800. The summed E-state index contributed by atoms with van der Waals surface area (Å²) in [7, 11) is 0. The number of fused-ring (bicyclic) bond motifs is 1. The van der Waals surface area contributed by atoms with Crippen LogP contribution in [0.3, 0.4) is 0 Å². The van der Waals surface area contributed by atoms with Gasteiger partial charge in [-0.1, -0.05) is 35.9 Å². The first-order valence-corrected chi connectivity index (χ1v) is 8.42. The van der Waals surface area contributed by atoms with E-state index in [1.165, 1.54) is 0 Å². The predicted octanol–water partition coefficient (Wildman–Crippen LogP) is 2.51. The third-order valence-corrected chi connectivity index (χ3v) is 4.05. The Hall–Kier alpha value is -3.02. The number of ether oxygens (including phenoxy) is 3. The van der Waals surface area contributed by atoms with Crippen LogP contribution in [0, 0.1) is 6.92 Å². The molecule has 0 saturated carbocycles. The van der Waals surface area contributed by atoms with E-state index in [4.69, 9.17) is 14.2 Å². The summed E-state index contributed by atoms with van der Waals surface area (Å²) < 4.78 is 15.8. The van der Waals surface area contributed by atoms with Crippen LogP contribution in [0.2, 0.25) is 0 Å². The highest BCUT2D eigenvalue weighted by Gasteiger charge is 2.18. The van der Waals surface area contributed by atoms with Crippen LogP contribution in [-0.2, 0) is 27.3 Å². The number of hydrogen-bond donors (Lipinski definition) is 1. The molecule has 6 nitrogen and oxygen atoms in total. The zero-order chi connectivity index (χ0) is 18.5. The van der Waals surface area contributed by atoms with Crippen molar-refractivity contribution in [1.82, 2.24) is 5.32 Å². The minimum atomic E-state index is -0.859. The van der Waals surface area contributed by atoms with Crippen LogP contribution >= 0.6 is 0 Å². The van der Waals surface area contributed by atoms with Gasteiger partial charge in [0.2, 0.25) is 6.79 Å². The van der Waals surface area contributed by atoms with Crippen LogP contribution in [-0.4, -0.2) is 24.8 Å². The molecule has 0 radical (unpaired) electrons. The van der Waals surface area contributed by atoms with Gasteiger partial charge in [0, 0.05) is 6.54 Å². The average molecular weight is 355 g/mol. The summed E-state index contributed by atoms with van der Waals surface area (Å²) >= 11 is 0. The maximum atomic E-state index is 12.1. The Balaban J connectivity index is 1.46. The molecule has 3 rings (SSSR count). The highest BCUT2D eigenvalue weighted by molar-refractivity contribution is 5.83. The largest absolute Gasteiger partial charge is 0.454 e. The van der Waals surface area contributed by atoms with Gasteiger partial charge in [-0.3, -0.25) is 9.59 Å². The molecule has 0 unspecified atom stereocenters. The van der Waals surface area contributed by atoms with Crippen molar-refractivity contribution in [1.29, 1.82) is 0 Å². The van der Waals surface area contributed by atoms with Gasteiger partial charge in [0.1, 0.15) is 0 Å². The Morgan fingerprint density at radius 2 is 1.77 bits per heavy atom. The molecule has 1 amide bonds. The highest BCUT2D eigenvalue weighted by atomic mass is 16.7. The molecule has 1 aliphatic rings. The molecular weight excluding hydrogens is 334 g/mol. The molecule has 0 bridgehead atoms. The maximum absolute atomic E-state index is 12.1. The van der Waals surface area contributed by atoms with E-state index in [2.05, 4.69) is 5.32 Å². The zero-order valence-electron chi connectivity index (χ0n) is 14.8. The number of benzene rings is 2. The molecular formula is C20H21NO5. The second-order valence-corrected chi connectivity index (χ2v) is 6.20. The fraction of sp³-hybridized carbons (Fsp3) is 0.300. The second kappa shape index (κ2) is 7.91. The summed E-state index contributed by atoms with van der Waals surface area (Å²) in [5, 5.41) is 2.75. The Morgan fingerprint density at radius 3 is 2.54 bits per heavy atom. The van der Waals surface area contributed by atoms with Crippen molar-refractivity contribution in [3.8, 4) is 11.5 Å². The number of amides is 1. The number of carbonyl (C=O) groups excluding carboxylic acids is 2. The van der Waals surface area contributed by atoms with Crippen molar-refractivity contribution in [2.75, 3.05) is 6.79 Å². The van der Waals surface area contributed by atoms with Crippen molar-refractivity contribution in [3.05, 3.63) is 59.2 Å². The lowest BCUT2D eigenvalue weighted by molar-refractivity contribution is -0.154. The van der Waals surface area contributed by atoms with Crippen molar-refractivity contribution in [3.63, 3.8) is 0 Å². The second-order valence-electron chi connectivity index (χ2n) is 6.20. The molecule has 0 aliphatic carbocycles. The molecule has 0 fully saturated rings. The average Bonchev–Trinajstić information content (AvgIpc) is 3.09. The molecule has 26 heavy (non-hydrogen) atoms. The van der Waals surface area contributed by atoms with Gasteiger partial charge in [-0.05, 0) is 37.1 Å². The van der Waals surface area contributed by atoms with Gasteiger partial charge >= 0.3 is 5.97 Å². The number of aryl methyl sites for hydroxylation is 1. The van der Waals surface area contributed by atoms with Gasteiger partial charge in [-0.2, -0.15) is 0 Å². The highest BCUT2D eigenvalue weighted by Crippen LogP contribution is 2.32. The fourth-order valence-corrected chi connectivity index (χ4v) is 2.55. The maximum Gasteiger partial charge on any atom is 0.311 e. The lowest BCUT2D eigenvalue weighted by Crippen LogP contribution is -2.35. The molecule has 2 aromatic carbocycles. The van der Waals surface area contributed by atoms with Gasteiger partial charge in [0.25, 0.3) is 5.91 Å². The smallest absolute Gasteiger partial charge is 0.311 e. The lowest BCUT2D eigenvalue weighted by Gasteiger charge is -2.14. The lowest BCUT2D eigenvalue weighted by atomic mass is 10.1. The first kappa shape index (κ1) is 17.8. The molecule has 1 atom stereocenters. The first-order valence-electron chi connectivity index (χ1n) is 8.42. The normalized spacial score (nSPS) is 13.2. The Morgan fingerprint density at radius 1 is 1.08 bits per heavy atom. The zero-order valence-corrected chi connectivity index (χ0v) is 14.8. The molecule has 2 aromatic rings. The van der Waals surface area contributed by atoms with Gasteiger partial charge in [0.05, 0.1) is 6.42 Å². The van der Waals surface area contributed by atoms with E-state index in [0.717, 1.165) is 16.7 Å². The monoisotopic (exact) mass is 355 g/mol. The molecule has 1 aliphatic heterocycles. The quantitative estimate of drug-likeness (QED) is 0.806. The fourth-order valence-electron chi connectivity index (χ4n) is 2.55. The number of rotatable bonds is 6. The minimum Gasteiger partial charge on any atom is -0.454 e. The van der Waals surface area contributed by atoms with E-state index in [1.807, 2.05) is 43.3 Å². The SMILES string of the molecule is Cc1ccc(CC(=O)O[C@H](C)C(=O)NCc2ccc3c(c2)OCO3)cc1. The number of carbonyl (C=O) groups is 2. The van der Waals surface area contributed by atoms with E-state index < -0.39 is 12.1 Å². The summed E-state index contributed by atoms with van der Waals surface area (Å²) in [6, 6.07) is 13.1. The third kappa shape index (κ3) is 4.53. The van der Waals surface area contributed by atoms with Crippen molar-refractivity contribution < 1.29 is 23.8 Å².